The van der Waals surface area contributed by atoms with Crippen molar-refractivity contribution in [3.05, 3.63) is 29.6 Å². The van der Waals surface area contributed by atoms with E-state index in [-0.39, 0.29) is 6.61 Å². The van der Waals surface area contributed by atoms with E-state index in [0.29, 0.717) is 0 Å². The standard InChI is InChI=1S/C9H8F3NO2/c1-2-15-8(14)6-5-13-4-3-7(6)9(10,11)12/h3-5H,2H2,1H3. The molecule has 1 aromatic rings. The Balaban J connectivity index is 3.12. The molecule has 0 aliphatic rings. The van der Waals surface area contributed by atoms with Crippen molar-refractivity contribution < 1.29 is 22.7 Å². The van der Waals surface area contributed by atoms with Crippen LogP contribution >= 0.6 is 0 Å². The molecule has 0 bridgehead atoms. The van der Waals surface area contributed by atoms with E-state index in [1.165, 1.54) is 6.92 Å². The minimum atomic E-state index is -4.58. The number of aromatic nitrogens is 1. The van der Waals surface area contributed by atoms with Crippen molar-refractivity contribution in [1.29, 1.82) is 0 Å². The van der Waals surface area contributed by atoms with E-state index < -0.39 is 23.3 Å². The zero-order chi connectivity index (χ0) is 11.5. The summed E-state index contributed by atoms with van der Waals surface area (Å²) in [5, 5.41) is 0. The predicted molar refractivity (Wildman–Crippen MR) is 45.2 cm³/mol. The van der Waals surface area contributed by atoms with Gasteiger partial charge >= 0.3 is 12.1 Å². The van der Waals surface area contributed by atoms with E-state index in [9.17, 15) is 18.0 Å². The number of carbonyl (C=O) groups is 1. The summed E-state index contributed by atoms with van der Waals surface area (Å²) in [4.78, 5) is 14.6. The van der Waals surface area contributed by atoms with E-state index in [2.05, 4.69) is 9.72 Å². The molecule has 0 saturated heterocycles. The summed E-state index contributed by atoms with van der Waals surface area (Å²) in [6.45, 7) is 1.53. The topological polar surface area (TPSA) is 39.2 Å². The van der Waals surface area contributed by atoms with Crippen LogP contribution in [0.1, 0.15) is 22.8 Å². The highest BCUT2D eigenvalue weighted by Gasteiger charge is 2.35. The Morgan fingerprint density at radius 2 is 2.20 bits per heavy atom. The molecule has 0 amide bonds. The van der Waals surface area contributed by atoms with E-state index in [4.69, 9.17) is 0 Å². The number of hydrogen-bond acceptors (Lipinski definition) is 3. The fourth-order valence-corrected chi connectivity index (χ4v) is 1.01. The third-order valence-electron chi connectivity index (χ3n) is 1.62. The molecule has 0 aromatic carbocycles. The summed E-state index contributed by atoms with van der Waals surface area (Å²) in [7, 11) is 0. The molecule has 0 aliphatic carbocycles. The third kappa shape index (κ3) is 2.68. The molecule has 0 radical (unpaired) electrons. The van der Waals surface area contributed by atoms with E-state index >= 15 is 0 Å². The monoisotopic (exact) mass is 219 g/mol. The quantitative estimate of drug-likeness (QED) is 0.716. The summed E-state index contributed by atoms with van der Waals surface area (Å²) in [6.07, 6.45) is -2.75. The van der Waals surface area contributed by atoms with Crippen LogP contribution in [0.25, 0.3) is 0 Å². The Labute approximate surface area is 83.9 Å². The molecule has 0 fully saturated rings. The smallest absolute Gasteiger partial charge is 0.417 e. The van der Waals surface area contributed by atoms with Crippen LogP contribution < -0.4 is 0 Å². The van der Waals surface area contributed by atoms with Gasteiger partial charge in [0.2, 0.25) is 0 Å². The fraction of sp³-hybridized carbons (Fsp3) is 0.333. The number of rotatable bonds is 2. The highest BCUT2D eigenvalue weighted by Crippen LogP contribution is 2.31. The molecular formula is C9H8F3NO2. The molecule has 15 heavy (non-hydrogen) atoms. The number of alkyl halides is 3. The van der Waals surface area contributed by atoms with Gasteiger partial charge in [0.25, 0.3) is 0 Å². The van der Waals surface area contributed by atoms with Crippen molar-refractivity contribution in [2.24, 2.45) is 0 Å². The number of pyridine rings is 1. The van der Waals surface area contributed by atoms with Gasteiger partial charge in [0, 0.05) is 12.4 Å². The van der Waals surface area contributed by atoms with Crippen molar-refractivity contribution >= 4 is 5.97 Å². The Bertz CT molecular complexity index is 363. The average Bonchev–Trinajstić information content (AvgIpc) is 2.17. The number of halogens is 3. The second kappa shape index (κ2) is 4.29. The van der Waals surface area contributed by atoms with Crippen LogP contribution in [-0.2, 0) is 10.9 Å². The van der Waals surface area contributed by atoms with Gasteiger partial charge in [-0.3, -0.25) is 4.98 Å². The zero-order valence-corrected chi connectivity index (χ0v) is 7.84. The molecule has 3 nitrogen and oxygen atoms in total. The molecule has 0 aliphatic heterocycles. The molecule has 0 spiro atoms. The Hall–Kier alpha value is -1.59. The summed E-state index contributed by atoms with van der Waals surface area (Å²) in [5.74, 6) is -1.02. The molecule has 1 rings (SSSR count). The van der Waals surface area contributed by atoms with Crippen LogP contribution in [0.5, 0.6) is 0 Å². The lowest BCUT2D eigenvalue weighted by molar-refractivity contribution is -0.138. The van der Waals surface area contributed by atoms with Crippen molar-refractivity contribution in [2.75, 3.05) is 6.61 Å². The van der Waals surface area contributed by atoms with Gasteiger partial charge < -0.3 is 4.74 Å². The molecule has 1 heterocycles. The molecule has 0 N–H and O–H groups in total. The summed E-state index contributed by atoms with van der Waals surface area (Å²) in [5.41, 5.74) is -1.59. The minimum absolute atomic E-state index is 0.0189. The van der Waals surface area contributed by atoms with Crippen molar-refractivity contribution in [1.82, 2.24) is 4.98 Å². The van der Waals surface area contributed by atoms with Gasteiger partial charge in [-0.2, -0.15) is 13.2 Å². The molecule has 1 aromatic heterocycles. The molecule has 0 unspecified atom stereocenters. The van der Waals surface area contributed by atoms with Gasteiger partial charge in [-0.15, -0.1) is 0 Å². The van der Waals surface area contributed by atoms with Crippen LogP contribution in [0, 0.1) is 0 Å². The number of ether oxygens (including phenoxy) is 1. The van der Waals surface area contributed by atoms with E-state index in [0.717, 1.165) is 18.5 Å². The van der Waals surface area contributed by atoms with Crippen LogP contribution in [-0.4, -0.2) is 17.6 Å². The maximum atomic E-state index is 12.4. The molecule has 0 atom stereocenters. The molecule has 82 valence electrons. The fourth-order valence-electron chi connectivity index (χ4n) is 1.01. The highest BCUT2D eigenvalue weighted by molar-refractivity contribution is 5.90. The average molecular weight is 219 g/mol. The molecular weight excluding hydrogens is 211 g/mol. The highest BCUT2D eigenvalue weighted by atomic mass is 19.4. The minimum Gasteiger partial charge on any atom is -0.462 e. The molecule has 6 heteroatoms. The maximum Gasteiger partial charge on any atom is 0.417 e. The van der Waals surface area contributed by atoms with Gasteiger partial charge in [-0.25, -0.2) is 4.79 Å². The first-order valence-electron chi connectivity index (χ1n) is 4.15. The first-order chi connectivity index (χ1) is 6.96. The summed E-state index contributed by atoms with van der Waals surface area (Å²) < 4.78 is 41.7. The van der Waals surface area contributed by atoms with Crippen LogP contribution in [0.3, 0.4) is 0 Å². The number of esters is 1. The van der Waals surface area contributed by atoms with Gasteiger partial charge in [-0.05, 0) is 13.0 Å². The Kier molecular flexibility index (Phi) is 3.28. The predicted octanol–water partition coefficient (Wildman–Crippen LogP) is 2.28. The van der Waals surface area contributed by atoms with Gasteiger partial charge in [0.15, 0.2) is 0 Å². The van der Waals surface area contributed by atoms with Crippen molar-refractivity contribution in [2.45, 2.75) is 13.1 Å². The zero-order valence-electron chi connectivity index (χ0n) is 7.84. The number of hydrogen-bond donors (Lipinski definition) is 0. The number of carbonyl (C=O) groups excluding carboxylic acids is 1. The summed E-state index contributed by atoms with van der Waals surface area (Å²) >= 11 is 0. The Morgan fingerprint density at radius 1 is 1.53 bits per heavy atom. The summed E-state index contributed by atoms with van der Waals surface area (Å²) in [6, 6.07) is 0.742. The first kappa shape index (κ1) is 11.5. The second-order valence-electron chi connectivity index (χ2n) is 2.64. The normalized spacial score (nSPS) is 11.2. The lowest BCUT2D eigenvalue weighted by Gasteiger charge is -2.10. The van der Waals surface area contributed by atoms with Crippen LogP contribution in [0.15, 0.2) is 18.5 Å². The first-order valence-corrected chi connectivity index (χ1v) is 4.15. The van der Waals surface area contributed by atoms with Crippen molar-refractivity contribution in [3.8, 4) is 0 Å². The lowest BCUT2D eigenvalue weighted by Crippen LogP contribution is -2.15. The Morgan fingerprint density at radius 3 is 2.73 bits per heavy atom. The SMILES string of the molecule is CCOC(=O)c1cnccc1C(F)(F)F. The maximum absolute atomic E-state index is 12.4. The van der Waals surface area contributed by atoms with Gasteiger partial charge in [0.05, 0.1) is 17.7 Å². The van der Waals surface area contributed by atoms with Crippen LogP contribution in [0.4, 0.5) is 13.2 Å². The largest absolute Gasteiger partial charge is 0.462 e. The lowest BCUT2D eigenvalue weighted by atomic mass is 10.1. The van der Waals surface area contributed by atoms with E-state index in [1.54, 1.807) is 0 Å². The van der Waals surface area contributed by atoms with Crippen LogP contribution in [0.2, 0.25) is 0 Å². The van der Waals surface area contributed by atoms with E-state index in [1.807, 2.05) is 0 Å². The third-order valence-corrected chi connectivity index (χ3v) is 1.62. The number of nitrogens with zero attached hydrogens (tertiary/aromatic N) is 1. The van der Waals surface area contributed by atoms with Gasteiger partial charge in [-0.1, -0.05) is 0 Å². The van der Waals surface area contributed by atoms with Gasteiger partial charge in [0.1, 0.15) is 0 Å². The van der Waals surface area contributed by atoms with Crippen molar-refractivity contribution in [3.63, 3.8) is 0 Å². The second-order valence-corrected chi connectivity index (χ2v) is 2.64. The molecule has 0 saturated carbocycles.